The molecule has 2 aromatic carbocycles. The van der Waals surface area contributed by atoms with Crippen molar-refractivity contribution in [1.82, 2.24) is 4.57 Å². The first kappa shape index (κ1) is 26.4. The van der Waals surface area contributed by atoms with E-state index in [9.17, 15) is 19.5 Å². The Morgan fingerprint density at radius 1 is 1.15 bits per heavy atom. The fourth-order valence-corrected chi connectivity index (χ4v) is 5.70. The first-order valence-electron chi connectivity index (χ1n) is 12.1. The van der Waals surface area contributed by atoms with Crippen LogP contribution in [0.3, 0.4) is 0 Å². The Balaban J connectivity index is 1.60. The summed E-state index contributed by atoms with van der Waals surface area (Å²) < 4.78 is 13.2. The van der Waals surface area contributed by atoms with E-state index in [-0.39, 0.29) is 22.8 Å². The number of esters is 1. The Labute approximate surface area is 231 Å². The molecular weight excluding hydrogens is 540 g/mol. The summed E-state index contributed by atoms with van der Waals surface area (Å²) in [6.07, 6.45) is 1.62. The first-order chi connectivity index (χ1) is 18.7. The molecule has 0 saturated heterocycles. The lowest BCUT2D eigenvalue weighted by Crippen LogP contribution is -2.39. The third kappa shape index (κ3) is 4.98. The maximum Gasteiger partial charge on any atom is 0.338 e. The average molecular weight is 563 g/mol. The van der Waals surface area contributed by atoms with E-state index in [1.165, 1.54) is 28.0 Å². The molecule has 3 heterocycles. The van der Waals surface area contributed by atoms with E-state index in [4.69, 9.17) is 20.8 Å². The summed E-state index contributed by atoms with van der Waals surface area (Å²) in [5.74, 6) is -0.748. The highest BCUT2D eigenvalue weighted by Gasteiger charge is 2.33. The Morgan fingerprint density at radius 3 is 2.56 bits per heavy atom. The zero-order valence-electron chi connectivity index (χ0n) is 21.2. The average Bonchev–Trinajstić information content (AvgIpc) is 3.48. The van der Waals surface area contributed by atoms with Crippen LogP contribution in [0.5, 0.6) is 0 Å². The molecule has 0 spiro atoms. The number of halogens is 1. The fourth-order valence-electron chi connectivity index (χ4n) is 4.41. The van der Waals surface area contributed by atoms with E-state index >= 15 is 0 Å². The maximum absolute atomic E-state index is 13.7. The molecule has 5 rings (SSSR count). The number of nitrogens with zero attached hydrogens (tertiary/aromatic N) is 2. The molecular formula is C29H23ClN2O6S. The van der Waals surface area contributed by atoms with Gasteiger partial charge in [-0.3, -0.25) is 9.36 Å². The second kappa shape index (κ2) is 10.5. The number of thiazole rings is 1. The molecule has 1 aliphatic rings. The van der Waals surface area contributed by atoms with E-state index in [1.807, 2.05) is 31.2 Å². The molecule has 0 fully saturated rings. The number of aromatic nitrogens is 1. The molecule has 0 bridgehead atoms. The zero-order valence-corrected chi connectivity index (χ0v) is 22.8. The molecule has 1 atom stereocenters. The van der Waals surface area contributed by atoms with Crippen molar-refractivity contribution in [3.63, 3.8) is 0 Å². The summed E-state index contributed by atoms with van der Waals surface area (Å²) in [4.78, 5) is 43.0. The van der Waals surface area contributed by atoms with Crippen molar-refractivity contribution in [1.29, 1.82) is 0 Å². The topological polar surface area (TPSA) is 111 Å². The number of furan rings is 1. The Morgan fingerprint density at radius 2 is 1.90 bits per heavy atom. The number of hydrogen-bond acceptors (Lipinski definition) is 7. The summed E-state index contributed by atoms with van der Waals surface area (Å²) in [7, 11) is 0. The van der Waals surface area contributed by atoms with Gasteiger partial charge in [-0.05, 0) is 50.6 Å². The Bertz CT molecular complexity index is 1830. The lowest BCUT2D eigenvalue weighted by molar-refractivity contribution is -0.139. The van der Waals surface area contributed by atoms with Crippen LogP contribution >= 0.6 is 22.9 Å². The van der Waals surface area contributed by atoms with Crippen molar-refractivity contribution >= 4 is 41.0 Å². The Hall–Kier alpha value is -4.21. The number of carboxylic acid groups (broad SMARTS) is 1. The van der Waals surface area contributed by atoms with Crippen molar-refractivity contribution in [3.8, 4) is 11.3 Å². The molecule has 1 unspecified atom stereocenters. The number of carboxylic acids is 1. The molecule has 0 amide bonds. The van der Waals surface area contributed by atoms with Crippen LogP contribution in [0, 0.1) is 6.92 Å². The van der Waals surface area contributed by atoms with Gasteiger partial charge in [-0.2, -0.15) is 0 Å². The summed E-state index contributed by atoms with van der Waals surface area (Å²) in [5, 5.41) is 9.30. The molecule has 2 aromatic heterocycles. The SMILES string of the molecule is CCOC(=O)C1=C(C)N=c2sc(=Cc3ccc(-c4ccc(C(=O)O)c(Cl)c4)o3)c(=O)n2C1c1ccc(C)cc1. The predicted octanol–water partition coefficient (Wildman–Crippen LogP) is 4.72. The molecule has 1 aliphatic heterocycles. The number of aryl methyl sites for hydroxylation is 1. The van der Waals surface area contributed by atoms with Crippen LogP contribution in [0.1, 0.15) is 47.1 Å². The highest BCUT2D eigenvalue weighted by Crippen LogP contribution is 2.31. The maximum atomic E-state index is 13.7. The van der Waals surface area contributed by atoms with Crippen LogP contribution in [0.15, 0.2) is 80.1 Å². The fraction of sp³-hybridized carbons (Fsp3) is 0.172. The summed E-state index contributed by atoms with van der Waals surface area (Å²) >= 11 is 7.31. The number of benzene rings is 2. The minimum Gasteiger partial charge on any atom is -0.478 e. The number of hydrogen-bond donors (Lipinski definition) is 1. The molecule has 1 N–H and O–H groups in total. The summed E-state index contributed by atoms with van der Waals surface area (Å²) in [6, 6.07) is 14.9. The second-order valence-electron chi connectivity index (χ2n) is 8.91. The standard InChI is InChI=1S/C29H23ClN2O6S/c1-4-37-28(36)24-16(3)31-29-32(25(24)17-7-5-15(2)6-8-17)26(33)23(39-29)14-19-10-12-22(38-19)18-9-11-20(27(34)35)21(30)13-18/h5-14,25H,4H2,1-3H3,(H,34,35). The van der Waals surface area contributed by atoms with Gasteiger partial charge in [0.05, 0.1) is 39.0 Å². The van der Waals surface area contributed by atoms with Crippen LogP contribution in [-0.4, -0.2) is 28.2 Å². The van der Waals surface area contributed by atoms with Crippen LogP contribution in [-0.2, 0) is 9.53 Å². The Kier molecular flexibility index (Phi) is 7.12. The summed E-state index contributed by atoms with van der Waals surface area (Å²) in [6.45, 7) is 5.64. The van der Waals surface area contributed by atoms with Gasteiger partial charge in [0, 0.05) is 11.6 Å². The zero-order chi connectivity index (χ0) is 27.8. The summed E-state index contributed by atoms with van der Waals surface area (Å²) in [5.41, 5.74) is 2.92. The molecule has 198 valence electrons. The number of carbonyl (C=O) groups excluding carboxylic acids is 1. The van der Waals surface area contributed by atoms with Crippen LogP contribution in [0.25, 0.3) is 17.4 Å². The monoisotopic (exact) mass is 562 g/mol. The van der Waals surface area contributed by atoms with Crippen LogP contribution in [0.2, 0.25) is 5.02 Å². The number of rotatable bonds is 6. The number of aromatic carboxylic acids is 1. The second-order valence-corrected chi connectivity index (χ2v) is 10.3. The largest absolute Gasteiger partial charge is 0.478 e. The molecule has 0 radical (unpaired) electrons. The minimum atomic E-state index is -1.12. The third-order valence-corrected chi connectivity index (χ3v) is 7.59. The number of allylic oxidation sites excluding steroid dienone is 1. The van der Waals surface area contributed by atoms with Crippen molar-refractivity contribution in [2.75, 3.05) is 6.61 Å². The lowest BCUT2D eigenvalue weighted by Gasteiger charge is -2.24. The van der Waals surface area contributed by atoms with Gasteiger partial charge in [0.25, 0.3) is 5.56 Å². The normalized spacial score (nSPS) is 15.2. The number of fused-ring (bicyclic) bond motifs is 1. The van der Waals surface area contributed by atoms with Gasteiger partial charge < -0.3 is 14.3 Å². The van der Waals surface area contributed by atoms with Gasteiger partial charge in [-0.1, -0.05) is 58.8 Å². The van der Waals surface area contributed by atoms with Gasteiger partial charge in [0.15, 0.2) is 4.80 Å². The van der Waals surface area contributed by atoms with E-state index in [1.54, 1.807) is 38.1 Å². The van der Waals surface area contributed by atoms with E-state index in [0.717, 1.165) is 11.1 Å². The molecule has 0 saturated carbocycles. The molecule has 0 aliphatic carbocycles. The van der Waals surface area contributed by atoms with Crippen molar-refractivity contribution < 1.29 is 23.8 Å². The molecule has 4 aromatic rings. The number of ether oxygens (including phenoxy) is 1. The van der Waals surface area contributed by atoms with Gasteiger partial charge in [0.2, 0.25) is 0 Å². The third-order valence-electron chi connectivity index (χ3n) is 6.29. The first-order valence-corrected chi connectivity index (χ1v) is 13.3. The van der Waals surface area contributed by atoms with E-state index in [0.29, 0.717) is 37.7 Å². The smallest absolute Gasteiger partial charge is 0.338 e. The molecule has 8 nitrogen and oxygen atoms in total. The molecule has 39 heavy (non-hydrogen) atoms. The number of carbonyl (C=O) groups is 2. The minimum absolute atomic E-state index is 0.00563. The predicted molar refractivity (Wildman–Crippen MR) is 148 cm³/mol. The van der Waals surface area contributed by atoms with Gasteiger partial charge in [0.1, 0.15) is 11.5 Å². The quantitative estimate of drug-likeness (QED) is 0.340. The van der Waals surface area contributed by atoms with Gasteiger partial charge in [-0.25, -0.2) is 14.6 Å². The van der Waals surface area contributed by atoms with Crippen molar-refractivity contribution in [2.24, 2.45) is 4.99 Å². The van der Waals surface area contributed by atoms with Crippen molar-refractivity contribution in [2.45, 2.75) is 26.8 Å². The van der Waals surface area contributed by atoms with Gasteiger partial charge in [-0.15, -0.1) is 0 Å². The van der Waals surface area contributed by atoms with E-state index in [2.05, 4.69) is 4.99 Å². The lowest BCUT2D eigenvalue weighted by atomic mass is 9.95. The molecule has 10 heteroatoms. The van der Waals surface area contributed by atoms with Crippen LogP contribution in [0.4, 0.5) is 0 Å². The highest BCUT2D eigenvalue weighted by atomic mass is 35.5. The van der Waals surface area contributed by atoms with Crippen molar-refractivity contribution in [3.05, 3.63) is 113 Å². The van der Waals surface area contributed by atoms with E-state index < -0.39 is 18.0 Å². The highest BCUT2D eigenvalue weighted by molar-refractivity contribution is 7.07. The van der Waals surface area contributed by atoms with Crippen LogP contribution < -0.4 is 14.9 Å². The van der Waals surface area contributed by atoms with Gasteiger partial charge >= 0.3 is 11.9 Å².